The van der Waals surface area contributed by atoms with E-state index in [4.69, 9.17) is 0 Å². The Morgan fingerprint density at radius 2 is 1.79 bits per heavy atom. The van der Waals surface area contributed by atoms with Gasteiger partial charge in [-0.25, -0.2) is 4.79 Å². The molecule has 3 atom stereocenters. The Hall–Kier alpha value is -4.00. The number of fused-ring (bicyclic) bond motifs is 2. The zero-order valence-corrected chi connectivity index (χ0v) is 21.4. The maximum Gasteiger partial charge on any atom is 0.329 e. The molecule has 1 unspecified atom stereocenters. The van der Waals surface area contributed by atoms with E-state index in [9.17, 15) is 23.1 Å². The molecule has 2 heterocycles. The Morgan fingerprint density at radius 3 is 2.53 bits per heavy atom. The third-order valence-electron chi connectivity index (χ3n) is 6.89. The minimum atomic E-state index is -2.45. The van der Waals surface area contributed by atoms with E-state index in [-0.39, 0.29) is 31.3 Å². The molecular formula is C26H27N6O5S-. The molecule has 0 aliphatic carbocycles. The number of urea groups is 1. The first kappa shape index (κ1) is 25.6. The SMILES string of the molecule is CNC(=O)NN1CC(=O)N2[C@@H]1CN(Cc1cccc3ccccc13)C(=O)[C@@H]2Cc1ccc(NS(=O)[O-])cc1. The number of hydrazine groups is 1. The van der Waals surface area contributed by atoms with Gasteiger partial charge in [-0.05, 0) is 34.0 Å². The molecule has 3 aromatic carbocycles. The number of nitrogens with one attached hydrogen (secondary N) is 3. The van der Waals surface area contributed by atoms with Gasteiger partial charge in [0.15, 0.2) is 0 Å². The summed E-state index contributed by atoms with van der Waals surface area (Å²) in [6.07, 6.45) is -0.303. The largest absolute Gasteiger partial charge is 0.755 e. The highest BCUT2D eigenvalue weighted by molar-refractivity contribution is 7.80. The van der Waals surface area contributed by atoms with Crippen LogP contribution < -0.4 is 15.5 Å². The number of nitrogens with zero attached hydrogens (tertiary/aromatic N) is 3. The number of hydrogen-bond donors (Lipinski definition) is 3. The van der Waals surface area contributed by atoms with Gasteiger partial charge in [-0.15, -0.1) is 0 Å². The average molecular weight is 536 g/mol. The molecule has 2 saturated heterocycles. The van der Waals surface area contributed by atoms with Crippen molar-refractivity contribution in [3.05, 3.63) is 77.9 Å². The Labute approximate surface area is 222 Å². The lowest BCUT2D eigenvalue weighted by Gasteiger charge is -2.44. The van der Waals surface area contributed by atoms with Gasteiger partial charge in [-0.3, -0.25) is 19.2 Å². The van der Waals surface area contributed by atoms with E-state index in [1.807, 2.05) is 42.5 Å². The van der Waals surface area contributed by atoms with Gasteiger partial charge in [0.05, 0.1) is 13.1 Å². The van der Waals surface area contributed by atoms with Gasteiger partial charge >= 0.3 is 6.03 Å². The van der Waals surface area contributed by atoms with E-state index in [2.05, 4.69) is 15.5 Å². The summed E-state index contributed by atoms with van der Waals surface area (Å²) in [5, 5.41) is 6.18. The number of hydrogen-bond acceptors (Lipinski definition) is 6. The smallest absolute Gasteiger partial charge is 0.329 e. The average Bonchev–Trinajstić information content (AvgIpc) is 3.21. The highest BCUT2D eigenvalue weighted by Crippen LogP contribution is 2.29. The molecular weight excluding hydrogens is 508 g/mol. The standard InChI is InChI=1S/C26H28N6O5S/c1-27-26(35)28-31-16-24(33)32-22(13-17-9-11-20(12-10-17)29-38(36)37)25(34)30(15-23(31)32)14-19-7-4-6-18-5-2-3-8-21(18)19/h2-12,22-23,29H,13-16H2,1H3,(H,36,37)(H2,27,28,35)/p-1/t22-,23+/m0/s1. The molecule has 4 amide bonds. The quantitative estimate of drug-likeness (QED) is 0.390. The van der Waals surface area contributed by atoms with Gasteiger partial charge < -0.3 is 24.4 Å². The normalized spacial score (nSPS) is 20.4. The van der Waals surface area contributed by atoms with Crippen molar-refractivity contribution in [2.75, 3.05) is 24.9 Å². The van der Waals surface area contributed by atoms with Crippen LogP contribution in [-0.2, 0) is 33.8 Å². The first-order valence-corrected chi connectivity index (χ1v) is 13.2. The second kappa shape index (κ2) is 10.8. The summed E-state index contributed by atoms with van der Waals surface area (Å²) in [4.78, 5) is 42.4. The summed E-state index contributed by atoms with van der Waals surface area (Å²) >= 11 is -2.45. The third kappa shape index (κ3) is 5.19. The van der Waals surface area contributed by atoms with Crippen molar-refractivity contribution in [3.8, 4) is 0 Å². The van der Waals surface area contributed by atoms with Gasteiger partial charge in [0.2, 0.25) is 11.8 Å². The van der Waals surface area contributed by atoms with Crippen LogP contribution in [0.4, 0.5) is 10.5 Å². The lowest BCUT2D eigenvalue weighted by atomic mass is 9.99. The number of anilines is 1. The van der Waals surface area contributed by atoms with E-state index in [0.717, 1.165) is 21.9 Å². The van der Waals surface area contributed by atoms with Crippen molar-refractivity contribution in [2.45, 2.75) is 25.2 Å². The highest BCUT2D eigenvalue weighted by atomic mass is 32.2. The molecule has 0 radical (unpaired) electrons. The van der Waals surface area contributed by atoms with E-state index in [0.29, 0.717) is 12.2 Å². The minimum Gasteiger partial charge on any atom is -0.755 e. The lowest BCUT2D eigenvalue weighted by molar-refractivity contribution is -0.154. The van der Waals surface area contributed by atoms with Crippen LogP contribution in [0.5, 0.6) is 0 Å². The molecule has 5 rings (SSSR count). The molecule has 0 spiro atoms. The van der Waals surface area contributed by atoms with Crippen molar-refractivity contribution in [1.29, 1.82) is 0 Å². The Bertz CT molecular complexity index is 1400. The van der Waals surface area contributed by atoms with Crippen LogP contribution in [0.1, 0.15) is 11.1 Å². The number of piperazine rings is 1. The summed E-state index contributed by atoms with van der Waals surface area (Å²) in [5.41, 5.74) is 4.86. The van der Waals surface area contributed by atoms with Crippen molar-refractivity contribution in [2.24, 2.45) is 0 Å². The number of carbonyl (C=O) groups is 3. The molecule has 0 saturated carbocycles. The summed E-state index contributed by atoms with van der Waals surface area (Å²) < 4.78 is 24.1. The molecule has 0 aromatic heterocycles. The predicted octanol–water partition coefficient (Wildman–Crippen LogP) is 1.31. The summed E-state index contributed by atoms with van der Waals surface area (Å²) in [6, 6.07) is 19.4. The number of benzene rings is 3. The van der Waals surface area contributed by atoms with Crippen molar-refractivity contribution >= 4 is 45.6 Å². The molecule has 3 N–H and O–H groups in total. The van der Waals surface area contributed by atoms with E-state index in [1.54, 1.807) is 39.1 Å². The third-order valence-corrected chi connectivity index (χ3v) is 7.29. The molecule has 0 bridgehead atoms. The summed E-state index contributed by atoms with van der Waals surface area (Å²) in [5.74, 6) is -0.443. The van der Waals surface area contributed by atoms with Crippen LogP contribution in [0.3, 0.4) is 0 Å². The first-order valence-electron chi connectivity index (χ1n) is 12.1. The van der Waals surface area contributed by atoms with Crippen LogP contribution in [0.25, 0.3) is 10.8 Å². The van der Waals surface area contributed by atoms with Gasteiger partial charge in [-0.2, -0.15) is 5.01 Å². The fourth-order valence-electron chi connectivity index (χ4n) is 5.13. The summed E-state index contributed by atoms with van der Waals surface area (Å²) in [7, 11) is 1.49. The zero-order valence-electron chi connectivity index (χ0n) is 20.6. The maximum absolute atomic E-state index is 13.9. The molecule has 12 heteroatoms. The molecule has 2 aliphatic rings. The molecule has 2 fully saturated rings. The van der Waals surface area contributed by atoms with Gasteiger partial charge in [-0.1, -0.05) is 54.6 Å². The van der Waals surface area contributed by atoms with Crippen LogP contribution in [0.15, 0.2) is 66.7 Å². The fraction of sp³-hybridized carbons (Fsp3) is 0.269. The topological polar surface area (TPSA) is 137 Å². The van der Waals surface area contributed by atoms with Gasteiger partial charge in [0.25, 0.3) is 0 Å². The van der Waals surface area contributed by atoms with Crippen molar-refractivity contribution in [1.82, 2.24) is 25.6 Å². The van der Waals surface area contributed by atoms with Crippen molar-refractivity contribution in [3.63, 3.8) is 0 Å². The highest BCUT2D eigenvalue weighted by Gasteiger charge is 2.50. The number of rotatable bonds is 7. The lowest BCUT2D eigenvalue weighted by Crippen LogP contribution is -2.65. The zero-order chi connectivity index (χ0) is 26.8. The monoisotopic (exact) mass is 535 g/mol. The van der Waals surface area contributed by atoms with Crippen LogP contribution >= 0.6 is 0 Å². The second-order valence-electron chi connectivity index (χ2n) is 9.21. The number of amides is 4. The molecule has 3 aromatic rings. The first-order chi connectivity index (χ1) is 18.3. The Morgan fingerprint density at radius 1 is 1.05 bits per heavy atom. The predicted molar refractivity (Wildman–Crippen MR) is 141 cm³/mol. The van der Waals surface area contributed by atoms with Gasteiger partial charge in [0.1, 0.15) is 12.2 Å². The van der Waals surface area contributed by atoms with Crippen LogP contribution in [-0.4, -0.2) is 73.8 Å². The fourth-order valence-corrected chi connectivity index (χ4v) is 5.46. The van der Waals surface area contributed by atoms with E-state index in [1.165, 1.54) is 7.05 Å². The second-order valence-corrected chi connectivity index (χ2v) is 9.88. The van der Waals surface area contributed by atoms with Gasteiger partial charge in [0, 0.05) is 37.0 Å². The Balaban J connectivity index is 1.46. The number of carbonyl (C=O) groups excluding carboxylic acids is 3. The van der Waals surface area contributed by atoms with Crippen LogP contribution in [0.2, 0.25) is 0 Å². The summed E-state index contributed by atoms with van der Waals surface area (Å²) in [6.45, 7) is 0.524. The minimum absolute atomic E-state index is 0.0534. The Kier molecular flexibility index (Phi) is 7.27. The molecule has 198 valence electrons. The molecule has 2 aliphatic heterocycles. The molecule has 11 nitrogen and oxygen atoms in total. The van der Waals surface area contributed by atoms with E-state index < -0.39 is 29.5 Å². The van der Waals surface area contributed by atoms with Crippen molar-refractivity contribution < 1.29 is 23.1 Å². The van der Waals surface area contributed by atoms with Crippen LogP contribution in [0, 0.1) is 0 Å². The van der Waals surface area contributed by atoms with E-state index >= 15 is 0 Å². The maximum atomic E-state index is 13.9. The molecule has 38 heavy (non-hydrogen) atoms.